The van der Waals surface area contributed by atoms with Gasteiger partial charge in [-0.15, -0.1) is 5.10 Å². The average molecular weight is 407 g/mol. The van der Waals surface area contributed by atoms with E-state index in [1.165, 1.54) is 0 Å². The lowest BCUT2D eigenvalue weighted by Crippen LogP contribution is -2.36. The molecule has 0 unspecified atom stereocenters. The van der Waals surface area contributed by atoms with Crippen molar-refractivity contribution >= 4 is 17.3 Å². The third-order valence-electron chi connectivity index (χ3n) is 4.89. The van der Waals surface area contributed by atoms with E-state index in [9.17, 15) is 4.79 Å². The van der Waals surface area contributed by atoms with Crippen LogP contribution in [0.4, 0.5) is 11.4 Å². The normalized spacial score (nSPS) is 14.1. The minimum absolute atomic E-state index is 0.0876. The molecule has 3 aromatic rings. The van der Waals surface area contributed by atoms with Gasteiger partial charge < -0.3 is 15.0 Å². The molecule has 1 amide bonds. The largest absolute Gasteiger partial charge is 0.378 e. The van der Waals surface area contributed by atoms with Gasteiger partial charge in [0.2, 0.25) is 5.91 Å². The second-order valence-electron chi connectivity index (χ2n) is 7.21. The van der Waals surface area contributed by atoms with Crippen LogP contribution >= 0.6 is 0 Å². The summed E-state index contributed by atoms with van der Waals surface area (Å²) in [4.78, 5) is 16.6. The molecule has 1 aromatic heterocycles. The molecule has 9 heteroatoms. The predicted molar refractivity (Wildman–Crippen MR) is 114 cm³/mol. The van der Waals surface area contributed by atoms with Gasteiger partial charge in [0.1, 0.15) is 0 Å². The van der Waals surface area contributed by atoms with E-state index in [0.717, 1.165) is 43.4 Å². The van der Waals surface area contributed by atoms with Crippen LogP contribution in [0.5, 0.6) is 0 Å². The lowest BCUT2D eigenvalue weighted by molar-refractivity contribution is -0.117. The minimum atomic E-state index is -0.0876. The van der Waals surface area contributed by atoms with Crippen LogP contribution in [0, 0.1) is 0 Å². The quantitative estimate of drug-likeness (QED) is 0.636. The fraction of sp³-hybridized carbons (Fsp3) is 0.333. The zero-order valence-electron chi connectivity index (χ0n) is 16.9. The smallest absolute Gasteiger partial charge is 0.238 e. The number of amides is 1. The molecule has 1 N–H and O–H groups in total. The molecule has 156 valence electrons. The highest BCUT2D eigenvalue weighted by Gasteiger charge is 2.14. The number of carbonyl (C=O) groups excluding carboxylic acids is 1. The number of ether oxygens (including phenoxy) is 1. The van der Waals surface area contributed by atoms with Crippen molar-refractivity contribution in [2.75, 3.05) is 50.1 Å². The summed E-state index contributed by atoms with van der Waals surface area (Å²) in [6, 6.07) is 17.6. The Kier molecular flexibility index (Phi) is 6.31. The molecule has 30 heavy (non-hydrogen) atoms. The fourth-order valence-electron chi connectivity index (χ4n) is 3.39. The molecule has 1 fully saturated rings. The molecule has 0 aliphatic carbocycles. The van der Waals surface area contributed by atoms with Crippen molar-refractivity contribution in [3.63, 3.8) is 0 Å². The Bertz CT molecular complexity index is 953. The van der Waals surface area contributed by atoms with Gasteiger partial charge in [0.25, 0.3) is 0 Å². The third-order valence-corrected chi connectivity index (χ3v) is 4.89. The number of benzene rings is 2. The number of nitrogens with one attached hydrogen (secondary N) is 1. The molecule has 4 rings (SSSR count). The van der Waals surface area contributed by atoms with E-state index in [2.05, 4.69) is 25.7 Å². The number of likely N-dealkylation sites (N-methyl/N-ethyl adjacent to an activating group) is 1. The van der Waals surface area contributed by atoms with E-state index in [4.69, 9.17) is 4.74 Å². The highest BCUT2D eigenvalue weighted by molar-refractivity contribution is 5.92. The van der Waals surface area contributed by atoms with Crippen LogP contribution in [0.1, 0.15) is 5.82 Å². The standard InChI is InChI=1S/C21H25N7O2/c1-26(15-20-23-24-25-28(20)19-5-3-2-4-6-19)16-21(29)22-17-7-9-18(10-8-17)27-11-13-30-14-12-27/h2-10H,11-16H2,1H3,(H,22,29). The number of aromatic nitrogens is 4. The van der Waals surface area contributed by atoms with Gasteiger partial charge in [-0.05, 0) is 53.9 Å². The summed E-state index contributed by atoms with van der Waals surface area (Å²) < 4.78 is 7.07. The van der Waals surface area contributed by atoms with Crippen molar-refractivity contribution in [2.24, 2.45) is 0 Å². The summed E-state index contributed by atoms with van der Waals surface area (Å²) in [5, 5.41) is 14.9. The van der Waals surface area contributed by atoms with Crippen LogP contribution in [0.25, 0.3) is 5.69 Å². The molecule has 0 spiro atoms. The molecule has 9 nitrogen and oxygen atoms in total. The Hall–Kier alpha value is -3.30. The average Bonchev–Trinajstić information content (AvgIpc) is 3.23. The van der Waals surface area contributed by atoms with E-state index in [-0.39, 0.29) is 12.5 Å². The van der Waals surface area contributed by atoms with Gasteiger partial charge in [0, 0.05) is 24.5 Å². The van der Waals surface area contributed by atoms with Crippen LogP contribution in [0.3, 0.4) is 0 Å². The number of para-hydroxylation sites is 1. The Morgan fingerprint density at radius 1 is 1.07 bits per heavy atom. The maximum Gasteiger partial charge on any atom is 0.238 e. The van der Waals surface area contributed by atoms with Crippen LogP contribution in [0.2, 0.25) is 0 Å². The van der Waals surface area contributed by atoms with Crippen LogP contribution < -0.4 is 10.2 Å². The van der Waals surface area contributed by atoms with Crippen molar-refractivity contribution < 1.29 is 9.53 Å². The second-order valence-corrected chi connectivity index (χ2v) is 7.21. The first-order valence-electron chi connectivity index (χ1n) is 9.93. The number of rotatable bonds is 7. The minimum Gasteiger partial charge on any atom is -0.378 e. The van der Waals surface area contributed by atoms with Crippen molar-refractivity contribution in [1.29, 1.82) is 0 Å². The summed E-state index contributed by atoms with van der Waals surface area (Å²) in [5.41, 5.74) is 2.80. The molecule has 2 aromatic carbocycles. The number of anilines is 2. The van der Waals surface area contributed by atoms with Crippen LogP contribution in [-0.4, -0.2) is 70.9 Å². The SMILES string of the molecule is CN(CC(=O)Nc1ccc(N2CCOCC2)cc1)Cc1nnnn1-c1ccccc1. The molecule has 0 atom stereocenters. The highest BCUT2D eigenvalue weighted by Crippen LogP contribution is 2.19. The number of hydrogen-bond donors (Lipinski definition) is 1. The van der Waals surface area contributed by atoms with Gasteiger partial charge >= 0.3 is 0 Å². The topological polar surface area (TPSA) is 88.4 Å². The molecule has 0 radical (unpaired) electrons. The zero-order valence-corrected chi connectivity index (χ0v) is 16.9. The number of tetrazole rings is 1. The van der Waals surface area contributed by atoms with Gasteiger partial charge in [0.05, 0.1) is 32.0 Å². The van der Waals surface area contributed by atoms with Gasteiger partial charge in [-0.3, -0.25) is 9.69 Å². The Morgan fingerprint density at radius 2 is 1.80 bits per heavy atom. The highest BCUT2D eigenvalue weighted by atomic mass is 16.5. The Morgan fingerprint density at radius 3 is 2.53 bits per heavy atom. The van der Waals surface area contributed by atoms with Crippen molar-refractivity contribution in [2.45, 2.75) is 6.54 Å². The first kappa shape index (κ1) is 20.0. The Balaban J connectivity index is 1.31. The fourth-order valence-corrected chi connectivity index (χ4v) is 3.39. The van der Waals surface area contributed by atoms with Gasteiger partial charge in [0.15, 0.2) is 5.82 Å². The molecule has 1 aliphatic rings. The first-order chi connectivity index (χ1) is 14.7. The van der Waals surface area contributed by atoms with E-state index < -0.39 is 0 Å². The maximum atomic E-state index is 12.5. The molecule has 1 aliphatic heterocycles. The van der Waals surface area contributed by atoms with E-state index in [1.54, 1.807) is 4.68 Å². The zero-order chi connectivity index (χ0) is 20.8. The third kappa shape index (κ3) is 5.00. The van der Waals surface area contributed by atoms with Gasteiger partial charge in [-0.2, -0.15) is 4.68 Å². The number of hydrogen-bond acceptors (Lipinski definition) is 7. The predicted octanol–water partition coefficient (Wildman–Crippen LogP) is 1.57. The summed E-state index contributed by atoms with van der Waals surface area (Å²) in [6.45, 7) is 3.95. The molecular weight excluding hydrogens is 382 g/mol. The molecular formula is C21H25N7O2. The number of nitrogens with zero attached hydrogens (tertiary/aromatic N) is 6. The lowest BCUT2D eigenvalue weighted by atomic mass is 10.2. The molecule has 0 bridgehead atoms. The summed E-state index contributed by atoms with van der Waals surface area (Å²) >= 11 is 0. The Labute approximate surface area is 175 Å². The van der Waals surface area contributed by atoms with Gasteiger partial charge in [-0.25, -0.2) is 0 Å². The monoisotopic (exact) mass is 407 g/mol. The van der Waals surface area contributed by atoms with E-state index in [0.29, 0.717) is 12.4 Å². The van der Waals surface area contributed by atoms with Crippen LogP contribution in [0.15, 0.2) is 54.6 Å². The van der Waals surface area contributed by atoms with Gasteiger partial charge in [-0.1, -0.05) is 18.2 Å². The van der Waals surface area contributed by atoms with Crippen molar-refractivity contribution in [1.82, 2.24) is 25.1 Å². The first-order valence-corrected chi connectivity index (χ1v) is 9.93. The van der Waals surface area contributed by atoms with Crippen LogP contribution in [-0.2, 0) is 16.1 Å². The molecule has 0 saturated carbocycles. The summed E-state index contributed by atoms with van der Waals surface area (Å²) in [6.07, 6.45) is 0. The number of carbonyl (C=O) groups is 1. The second kappa shape index (κ2) is 9.47. The molecule has 1 saturated heterocycles. The van der Waals surface area contributed by atoms with Crippen molar-refractivity contribution in [3.05, 3.63) is 60.4 Å². The molecule has 2 heterocycles. The lowest BCUT2D eigenvalue weighted by Gasteiger charge is -2.28. The van der Waals surface area contributed by atoms with E-state index in [1.807, 2.05) is 66.5 Å². The number of morpholine rings is 1. The van der Waals surface area contributed by atoms with E-state index >= 15 is 0 Å². The maximum absolute atomic E-state index is 12.5. The van der Waals surface area contributed by atoms with Crippen molar-refractivity contribution in [3.8, 4) is 5.69 Å². The summed E-state index contributed by atoms with van der Waals surface area (Å²) in [5.74, 6) is 0.585. The summed E-state index contributed by atoms with van der Waals surface area (Å²) in [7, 11) is 1.87.